The van der Waals surface area contributed by atoms with Gasteiger partial charge in [-0.05, 0) is 88.8 Å². The first-order valence-electron chi connectivity index (χ1n) is 11.1. The van der Waals surface area contributed by atoms with Gasteiger partial charge in [-0.2, -0.15) is 0 Å². The molecule has 0 atom stereocenters. The van der Waals surface area contributed by atoms with Crippen molar-refractivity contribution < 1.29 is 0 Å². The summed E-state index contributed by atoms with van der Waals surface area (Å²) in [7, 11) is 0. The molecule has 0 saturated carbocycles. The molecule has 5 nitrogen and oxygen atoms in total. The summed E-state index contributed by atoms with van der Waals surface area (Å²) < 4.78 is 0. The summed E-state index contributed by atoms with van der Waals surface area (Å²) in [5.41, 5.74) is 31.0. The summed E-state index contributed by atoms with van der Waals surface area (Å²) >= 11 is 0. The Balaban J connectivity index is 1.57. The highest BCUT2D eigenvalue weighted by Gasteiger charge is 2.06. The molecule has 0 radical (unpaired) electrons. The maximum absolute atomic E-state index is 6.19. The van der Waals surface area contributed by atoms with Crippen LogP contribution < -0.4 is 28.3 Å². The zero-order valence-corrected chi connectivity index (χ0v) is 18.3. The molecule has 0 aliphatic heterocycles. The number of hydrogen-bond donors (Lipinski definition) is 5. The molecule has 0 amide bonds. The molecule has 0 saturated heterocycles. The maximum atomic E-state index is 6.19. The zero-order chi connectivity index (χ0) is 22.5. The Hall–Kier alpha value is -3.70. The van der Waals surface area contributed by atoms with Gasteiger partial charge in [0.2, 0.25) is 0 Å². The van der Waals surface area contributed by atoms with E-state index in [0.29, 0.717) is 11.4 Å². The first kappa shape index (κ1) is 21.5. The second-order valence-electron chi connectivity index (χ2n) is 8.20. The summed E-state index contributed by atoms with van der Waals surface area (Å²) in [6.07, 6.45) is 3.26. The monoisotopic (exact) mass is 425 g/mol. The van der Waals surface area contributed by atoms with E-state index in [1.54, 1.807) is 0 Å². The predicted octanol–water partition coefficient (Wildman–Crippen LogP) is 5.46. The molecule has 9 N–H and O–H groups in total. The lowest BCUT2D eigenvalue weighted by atomic mass is 9.97. The summed E-state index contributed by atoms with van der Waals surface area (Å²) in [6, 6.07) is 24.9. The quantitative estimate of drug-likeness (QED) is 0.190. The third-order valence-corrected chi connectivity index (χ3v) is 5.84. The van der Waals surface area contributed by atoms with E-state index < -0.39 is 0 Å². The first-order valence-corrected chi connectivity index (χ1v) is 11.1. The van der Waals surface area contributed by atoms with Crippen LogP contribution in [0.3, 0.4) is 0 Å². The van der Waals surface area contributed by atoms with Gasteiger partial charge in [-0.25, -0.2) is 0 Å². The smallest absolute Gasteiger partial charge is 0.0580 e. The fraction of sp³-hybridized carbons (Fsp3) is 0.185. The lowest BCUT2D eigenvalue weighted by Crippen LogP contribution is -2.05. The number of nitrogens with one attached hydrogen (secondary N) is 1. The van der Waals surface area contributed by atoms with Crippen molar-refractivity contribution in [3.05, 3.63) is 72.8 Å². The van der Waals surface area contributed by atoms with Gasteiger partial charge in [0.1, 0.15) is 0 Å². The SMILES string of the molecule is NCCCCCNc1cc(-c2ccc3cc(-c4ccc(N)c(N)c4)ccc3c2)ccc1N. The number of hydrogen-bond acceptors (Lipinski definition) is 5. The minimum Gasteiger partial charge on any atom is -0.397 e. The molecular weight excluding hydrogens is 394 g/mol. The van der Waals surface area contributed by atoms with E-state index in [4.69, 9.17) is 22.9 Å². The highest BCUT2D eigenvalue weighted by molar-refractivity contribution is 5.92. The van der Waals surface area contributed by atoms with Crippen molar-refractivity contribution in [2.45, 2.75) is 19.3 Å². The number of nitrogens with two attached hydrogens (primary N) is 4. The Morgan fingerprint density at radius 2 is 1.09 bits per heavy atom. The van der Waals surface area contributed by atoms with Gasteiger partial charge >= 0.3 is 0 Å². The van der Waals surface area contributed by atoms with E-state index in [9.17, 15) is 0 Å². The fourth-order valence-electron chi connectivity index (χ4n) is 3.92. The molecule has 164 valence electrons. The average molecular weight is 426 g/mol. The van der Waals surface area contributed by atoms with Crippen molar-refractivity contribution in [1.29, 1.82) is 0 Å². The second kappa shape index (κ2) is 9.62. The molecule has 0 fully saturated rings. The van der Waals surface area contributed by atoms with Crippen LogP contribution in [-0.2, 0) is 0 Å². The van der Waals surface area contributed by atoms with Crippen LogP contribution >= 0.6 is 0 Å². The number of anilines is 4. The van der Waals surface area contributed by atoms with E-state index in [2.05, 4.69) is 53.8 Å². The lowest BCUT2D eigenvalue weighted by molar-refractivity contribution is 0.707. The van der Waals surface area contributed by atoms with Crippen LogP contribution in [0.15, 0.2) is 72.8 Å². The van der Waals surface area contributed by atoms with Crippen LogP contribution in [0.2, 0.25) is 0 Å². The topological polar surface area (TPSA) is 116 Å². The highest BCUT2D eigenvalue weighted by atomic mass is 14.9. The molecule has 0 heterocycles. The van der Waals surface area contributed by atoms with Crippen molar-refractivity contribution in [1.82, 2.24) is 0 Å². The van der Waals surface area contributed by atoms with Gasteiger partial charge in [0, 0.05) is 6.54 Å². The van der Waals surface area contributed by atoms with Crippen LogP contribution in [-0.4, -0.2) is 13.1 Å². The third-order valence-electron chi connectivity index (χ3n) is 5.84. The van der Waals surface area contributed by atoms with Crippen molar-refractivity contribution >= 4 is 33.5 Å². The lowest BCUT2D eigenvalue weighted by Gasteiger charge is -2.12. The van der Waals surface area contributed by atoms with Crippen LogP contribution in [0.25, 0.3) is 33.0 Å². The van der Waals surface area contributed by atoms with E-state index in [0.717, 1.165) is 66.0 Å². The molecule has 4 aromatic rings. The average Bonchev–Trinajstić information content (AvgIpc) is 2.81. The van der Waals surface area contributed by atoms with E-state index in [1.807, 2.05) is 24.3 Å². The van der Waals surface area contributed by atoms with Crippen LogP contribution in [0.1, 0.15) is 19.3 Å². The van der Waals surface area contributed by atoms with Crippen LogP contribution in [0.5, 0.6) is 0 Å². The molecule has 0 bridgehead atoms. The van der Waals surface area contributed by atoms with Gasteiger partial charge in [0.15, 0.2) is 0 Å². The molecule has 0 unspecified atom stereocenters. The highest BCUT2D eigenvalue weighted by Crippen LogP contribution is 2.32. The van der Waals surface area contributed by atoms with Crippen molar-refractivity contribution in [3.63, 3.8) is 0 Å². The van der Waals surface area contributed by atoms with E-state index in [-0.39, 0.29) is 0 Å². The Bertz CT molecular complexity index is 1230. The standard InChI is InChI=1S/C27H31N5/c28-12-2-1-3-13-32-27-17-23(9-11-25(27)30)21-7-5-18-14-20(6-4-19(18)15-21)22-8-10-24(29)26(31)16-22/h4-11,14-17,32H,1-3,12-13,28-31H2. The molecule has 0 aliphatic rings. The van der Waals surface area contributed by atoms with Gasteiger partial charge in [0.05, 0.1) is 22.7 Å². The van der Waals surface area contributed by atoms with Gasteiger partial charge in [-0.1, -0.05) is 42.8 Å². The second-order valence-corrected chi connectivity index (χ2v) is 8.20. The molecular formula is C27H31N5. The Labute approximate surface area is 189 Å². The number of nitrogen functional groups attached to an aromatic ring is 3. The van der Waals surface area contributed by atoms with E-state index >= 15 is 0 Å². The molecule has 0 aromatic heterocycles. The minimum absolute atomic E-state index is 0.602. The van der Waals surface area contributed by atoms with Gasteiger partial charge in [0.25, 0.3) is 0 Å². The largest absolute Gasteiger partial charge is 0.397 e. The summed E-state index contributed by atoms with van der Waals surface area (Å²) in [4.78, 5) is 0. The van der Waals surface area contributed by atoms with Crippen molar-refractivity contribution in [2.75, 3.05) is 35.6 Å². The van der Waals surface area contributed by atoms with Crippen LogP contribution in [0, 0.1) is 0 Å². The minimum atomic E-state index is 0.602. The Kier molecular flexibility index (Phi) is 6.47. The zero-order valence-electron chi connectivity index (χ0n) is 18.3. The van der Waals surface area contributed by atoms with E-state index in [1.165, 1.54) is 10.8 Å². The number of unbranched alkanes of at least 4 members (excludes halogenated alkanes) is 2. The summed E-state index contributed by atoms with van der Waals surface area (Å²) in [5.74, 6) is 0. The van der Waals surface area contributed by atoms with Crippen molar-refractivity contribution in [2.24, 2.45) is 5.73 Å². The molecule has 0 aliphatic carbocycles. The number of rotatable bonds is 8. The molecule has 5 heteroatoms. The first-order chi connectivity index (χ1) is 15.5. The van der Waals surface area contributed by atoms with Crippen molar-refractivity contribution in [3.8, 4) is 22.3 Å². The maximum Gasteiger partial charge on any atom is 0.0580 e. The fourth-order valence-corrected chi connectivity index (χ4v) is 3.92. The molecule has 4 rings (SSSR count). The third kappa shape index (κ3) is 4.79. The predicted molar refractivity (Wildman–Crippen MR) is 139 cm³/mol. The van der Waals surface area contributed by atoms with Gasteiger partial charge < -0.3 is 28.3 Å². The van der Waals surface area contributed by atoms with Crippen LogP contribution in [0.4, 0.5) is 22.7 Å². The summed E-state index contributed by atoms with van der Waals surface area (Å²) in [6.45, 7) is 1.64. The molecule has 0 spiro atoms. The molecule has 4 aromatic carbocycles. The number of benzene rings is 4. The Morgan fingerprint density at radius 3 is 1.72 bits per heavy atom. The summed E-state index contributed by atoms with van der Waals surface area (Å²) in [5, 5.41) is 5.83. The number of fused-ring (bicyclic) bond motifs is 1. The Morgan fingerprint density at radius 1 is 0.531 bits per heavy atom. The van der Waals surface area contributed by atoms with Gasteiger partial charge in [-0.3, -0.25) is 0 Å². The molecule has 32 heavy (non-hydrogen) atoms. The normalized spacial score (nSPS) is 11.0. The van der Waals surface area contributed by atoms with Gasteiger partial charge in [-0.15, -0.1) is 0 Å².